The Kier molecular flexibility index (Phi) is 3.69. The first-order valence-corrected chi connectivity index (χ1v) is 6.62. The Morgan fingerprint density at radius 1 is 1.44 bits per heavy atom. The van der Waals surface area contributed by atoms with Gasteiger partial charge in [0.1, 0.15) is 0 Å². The van der Waals surface area contributed by atoms with Crippen LogP contribution < -0.4 is 10.6 Å². The zero-order valence-electron chi connectivity index (χ0n) is 9.62. The van der Waals surface area contributed by atoms with Gasteiger partial charge in [0, 0.05) is 23.8 Å². The Bertz CT molecular complexity index is 367. The summed E-state index contributed by atoms with van der Waals surface area (Å²) in [5, 5.41) is 0. The highest BCUT2D eigenvalue weighted by Gasteiger charge is 2.16. The van der Waals surface area contributed by atoms with Crippen molar-refractivity contribution in [2.24, 2.45) is 5.92 Å². The van der Waals surface area contributed by atoms with E-state index in [1.54, 1.807) is 0 Å². The molecule has 1 saturated heterocycles. The Labute approximate surface area is 105 Å². The molecule has 0 aromatic carbocycles. The molecule has 1 aliphatic heterocycles. The number of hydrogen-bond acceptors (Lipinski definition) is 3. The van der Waals surface area contributed by atoms with Crippen LogP contribution in [0.25, 0.3) is 0 Å². The molecule has 3 nitrogen and oxygen atoms in total. The Balaban J connectivity index is 2.16. The lowest BCUT2D eigenvalue weighted by molar-refractivity contribution is 0.521. The first-order valence-electron chi connectivity index (χ1n) is 5.83. The second kappa shape index (κ2) is 5.04. The maximum Gasteiger partial charge on any atom is 0.151 e. The summed E-state index contributed by atoms with van der Waals surface area (Å²) in [6.07, 6.45) is 5.60. The number of rotatable bonds is 1. The Morgan fingerprint density at radius 2 is 2.25 bits per heavy atom. The molecule has 16 heavy (non-hydrogen) atoms. The first kappa shape index (κ1) is 11.7. The molecule has 0 radical (unpaired) electrons. The average molecular weight is 284 g/mol. The molecule has 1 unspecified atom stereocenters. The van der Waals surface area contributed by atoms with Crippen molar-refractivity contribution in [3.05, 3.63) is 16.7 Å². The van der Waals surface area contributed by atoms with Crippen molar-refractivity contribution in [2.45, 2.75) is 26.2 Å². The highest BCUT2D eigenvalue weighted by atomic mass is 79.9. The lowest BCUT2D eigenvalue weighted by atomic mass is 10.0. The molecule has 0 bridgehead atoms. The van der Waals surface area contributed by atoms with Gasteiger partial charge in [-0.15, -0.1) is 0 Å². The standard InChI is InChI=1S/C12H18BrN3/c1-9-3-2-5-16(6-4-9)12-11(14)7-10(13)8-15-12/h7-9H,2-6,14H2,1H3. The number of halogens is 1. The topological polar surface area (TPSA) is 42.2 Å². The van der Waals surface area contributed by atoms with Crippen molar-refractivity contribution in [3.8, 4) is 0 Å². The third-order valence-corrected chi connectivity index (χ3v) is 3.61. The Hall–Kier alpha value is -0.770. The van der Waals surface area contributed by atoms with Crippen LogP contribution in [0.15, 0.2) is 16.7 Å². The number of hydrogen-bond donors (Lipinski definition) is 1. The lowest BCUT2D eigenvalue weighted by Crippen LogP contribution is -2.26. The molecule has 4 heteroatoms. The fourth-order valence-electron chi connectivity index (χ4n) is 2.19. The summed E-state index contributed by atoms with van der Waals surface area (Å²) in [5.74, 6) is 1.76. The molecule has 0 amide bonds. The summed E-state index contributed by atoms with van der Waals surface area (Å²) in [7, 11) is 0. The molecule has 1 aromatic rings. The quantitative estimate of drug-likeness (QED) is 0.861. The number of nitrogens with two attached hydrogens (primary N) is 1. The predicted molar refractivity (Wildman–Crippen MR) is 71.6 cm³/mol. The van der Waals surface area contributed by atoms with Crippen molar-refractivity contribution in [1.82, 2.24) is 4.98 Å². The van der Waals surface area contributed by atoms with E-state index in [9.17, 15) is 0 Å². The minimum atomic E-state index is 0.768. The van der Waals surface area contributed by atoms with E-state index < -0.39 is 0 Å². The van der Waals surface area contributed by atoms with Gasteiger partial charge in [-0.2, -0.15) is 0 Å². The van der Waals surface area contributed by atoms with Crippen molar-refractivity contribution in [2.75, 3.05) is 23.7 Å². The maximum absolute atomic E-state index is 6.00. The van der Waals surface area contributed by atoms with Crippen LogP contribution in [0.4, 0.5) is 11.5 Å². The van der Waals surface area contributed by atoms with Gasteiger partial charge < -0.3 is 10.6 Å². The molecule has 2 rings (SSSR count). The van der Waals surface area contributed by atoms with Crippen LogP contribution in [0.3, 0.4) is 0 Å². The van der Waals surface area contributed by atoms with Gasteiger partial charge in [0.05, 0.1) is 5.69 Å². The summed E-state index contributed by atoms with van der Waals surface area (Å²) in [4.78, 5) is 6.73. The number of pyridine rings is 1. The minimum Gasteiger partial charge on any atom is -0.396 e. The van der Waals surface area contributed by atoms with E-state index in [2.05, 4.69) is 32.7 Å². The molecule has 1 atom stereocenters. The smallest absolute Gasteiger partial charge is 0.151 e. The van der Waals surface area contributed by atoms with Crippen molar-refractivity contribution < 1.29 is 0 Å². The first-order chi connectivity index (χ1) is 7.66. The predicted octanol–water partition coefficient (Wildman–Crippen LogP) is 3.05. The number of nitrogen functional groups attached to an aromatic ring is 1. The largest absolute Gasteiger partial charge is 0.396 e. The van der Waals surface area contributed by atoms with E-state index in [4.69, 9.17) is 5.73 Å². The van der Waals surface area contributed by atoms with Crippen molar-refractivity contribution >= 4 is 27.4 Å². The molecule has 1 aromatic heterocycles. The molecule has 2 heterocycles. The third-order valence-electron chi connectivity index (χ3n) is 3.18. The highest BCUT2D eigenvalue weighted by molar-refractivity contribution is 9.10. The summed E-state index contributed by atoms with van der Waals surface area (Å²) < 4.78 is 0.942. The van der Waals surface area contributed by atoms with E-state index in [0.29, 0.717) is 0 Å². The summed E-state index contributed by atoms with van der Waals surface area (Å²) >= 11 is 3.38. The molecule has 0 aliphatic carbocycles. The monoisotopic (exact) mass is 283 g/mol. The number of nitrogens with zero attached hydrogens (tertiary/aromatic N) is 2. The fourth-order valence-corrected chi connectivity index (χ4v) is 2.54. The van der Waals surface area contributed by atoms with Crippen LogP contribution in [-0.4, -0.2) is 18.1 Å². The molecule has 1 fully saturated rings. The summed E-state index contributed by atoms with van der Waals surface area (Å²) in [6, 6.07) is 1.93. The third kappa shape index (κ3) is 2.67. The fraction of sp³-hybridized carbons (Fsp3) is 0.583. The average Bonchev–Trinajstić information content (AvgIpc) is 2.43. The van der Waals surface area contributed by atoms with Gasteiger partial charge in [0.2, 0.25) is 0 Å². The van der Waals surface area contributed by atoms with Crippen LogP contribution in [-0.2, 0) is 0 Å². The summed E-state index contributed by atoms with van der Waals surface area (Å²) in [6.45, 7) is 4.46. The van der Waals surface area contributed by atoms with E-state index >= 15 is 0 Å². The molecule has 0 spiro atoms. The zero-order valence-corrected chi connectivity index (χ0v) is 11.2. The van der Waals surface area contributed by atoms with Crippen LogP contribution in [0.1, 0.15) is 26.2 Å². The van der Waals surface area contributed by atoms with Crippen LogP contribution in [0, 0.1) is 5.92 Å². The van der Waals surface area contributed by atoms with Gasteiger partial charge in [0.25, 0.3) is 0 Å². The molecular formula is C12H18BrN3. The van der Waals surface area contributed by atoms with Gasteiger partial charge in [-0.05, 0) is 47.2 Å². The zero-order chi connectivity index (χ0) is 11.5. The minimum absolute atomic E-state index is 0.768. The van der Waals surface area contributed by atoms with Crippen LogP contribution in [0.5, 0.6) is 0 Å². The summed E-state index contributed by atoms with van der Waals surface area (Å²) in [5.41, 5.74) is 6.77. The van der Waals surface area contributed by atoms with E-state index in [-0.39, 0.29) is 0 Å². The molecule has 1 aliphatic rings. The van der Waals surface area contributed by atoms with Crippen LogP contribution >= 0.6 is 15.9 Å². The normalized spacial score (nSPS) is 21.9. The van der Waals surface area contributed by atoms with Gasteiger partial charge in [-0.1, -0.05) is 6.92 Å². The van der Waals surface area contributed by atoms with Gasteiger partial charge in [0.15, 0.2) is 5.82 Å². The Morgan fingerprint density at radius 3 is 3.00 bits per heavy atom. The number of anilines is 2. The van der Waals surface area contributed by atoms with Crippen molar-refractivity contribution in [1.29, 1.82) is 0 Å². The van der Waals surface area contributed by atoms with Gasteiger partial charge in [-0.25, -0.2) is 4.98 Å². The van der Waals surface area contributed by atoms with E-state index in [0.717, 1.165) is 35.0 Å². The van der Waals surface area contributed by atoms with Gasteiger partial charge in [-0.3, -0.25) is 0 Å². The second-order valence-corrected chi connectivity index (χ2v) is 5.51. The van der Waals surface area contributed by atoms with E-state index in [1.807, 2.05) is 12.3 Å². The highest BCUT2D eigenvalue weighted by Crippen LogP contribution is 2.27. The molecule has 88 valence electrons. The van der Waals surface area contributed by atoms with Gasteiger partial charge >= 0.3 is 0 Å². The van der Waals surface area contributed by atoms with Crippen LogP contribution in [0.2, 0.25) is 0 Å². The SMILES string of the molecule is CC1CCCN(c2ncc(Br)cc2N)CC1. The van der Waals surface area contributed by atoms with E-state index in [1.165, 1.54) is 19.3 Å². The second-order valence-electron chi connectivity index (χ2n) is 4.59. The van der Waals surface area contributed by atoms with Crippen molar-refractivity contribution in [3.63, 3.8) is 0 Å². The number of aromatic nitrogens is 1. The molecular weight excluding hydrogens is 266 g/mol. The molecule has 2 N–H and O–H groups in total. The molecule has 0 saturated carbocycles. The maximum atomic E-state index is 6.00. The lowest BCUT2D eigenvalue weighted by Gasteiger charge is -2.22.